The van der Waals surface area contributed by atoms with Gasteiger partial charge in [0.15, 0.2) is 0 Å². The minimum Gasteiger partial charge on any atom is -0.339 e. The number of nitrogens with zero attached hydrogens (tertiary/aromatic N) is 3. The van der Waals surface area contributed by atoms with Crippen molar-refractivity contribution in [3.05, 3.63) is 0 Å². The van der Waals surface area contributed by atoms with Gasteiger partial charge in [0.2, 0.25) is 5.91 Å². The van der Waals surface area contributed by atoms with Crippen molar-refractivity contribution in [3.63, 3.8) is 0 Å². The van der Waals surface area contributed by atoms with Crippen LogP contribution in [0.1, 0.15) is 25.7 Å². The van der Waals surface area contributed by atoms with E-state index in [9.17, 15) is 4.79 Å². The summed E-state index contributed by atoms with van der Waals surface area (Å²) in [7, 11) is 2.11. The van der Waals surface area contributed by atoms with E-state index in [2.05, 4.69) is 16.8 Å². The number of rotatable bonds is 4. The van der Waals surface area contributed by atoms with Gasteiger partial charge < -0.3 is 15.5 Å². The lowest BCUT2D eigenvalue weighted by molar-refractivity contribution is -0.135. The Morgan fingerprint density at radius 1 is 1.16 bits per heavy atom. The van der Waals surface area contributed by atoms with E-state index in [1.54, 1.807) is 0 Å². The zero-order valence-electron chi connectivity index (χ0n) is 12.2. The molecule has 2 heterocycles. The predicted molar refractivity (Wildman–Crippen MR) is 77.0 cm³/mol. The molecule has 110 valence electrons. The molecule has 1 amide bonds. The Morgan fingerprint density at radius 3 is 2.58 bits per heavy atom. The number of carbonyl (C=O) groups excluding carboxylic acids is 1. The third-order valence-electron chi connectivity index (χ3n) is 4.44. The minimum atomic E-state index is 0.303. The molecule has 19 heavy (non-hydrogen) atoms. The molecule has 0 radical (unpaired) electrons. The van der Waals surface area contributed by atoms with Crippen molar-refractivity contribution in [1.29, 1.82) is 0 Å². The summed E-state index contributed by atoms with van der Waals surface area (Å²) in [5.74, 6) is 0.303. The molecule has 0 spiro atoms. The van der Waals surface area contributed by atoms with Crippen molar-refractivity contribution in [2.24, 2.45) is 5.73 Å². The molecule has 2 aliphatic heterocycles. The summed E-state index contributed by atoms with van der Waals surface area (Å²) >= 11 is 0. The third kappa shape index (κ3) is 4.16. The van der Waals surface area contributed by atoms with Gasteiger partial charge in [-0.05, 0) is 39.4 Å². The van der Waals surface area contributed by atoms with Crippen molar-refractivity contribution in [3.8, 4) is 0 Å². The fraction of sp³-hybridized carbons (Fsp3) is 0.929. The Balaban J connectivity index is 1.82. The van der Waals surface area contributed by atoms with Gasteiger partial charge in [-0.25, -0.2) is 0 Å². The number of likely N-dealkylation sites (N-methyl/N-ethyl adjacent to an activating group) is 1. The van der Waals surface area contributed by atoms with Gasteiger partial charge in [0.25, 0.3) is 0 Å². The van der Waals surface area contributed by atoms with Gasteiger partial charge >= 0.3 is 0 Å². The molecule has 2 saturated heterocycles. The standard InChI is InChI=1S/C14H28N4O/c1-16-8-10-17(11-9-16)14(19)12-18-7-3-2-4-13(18)5-6-15/h13H,2-12,15H2,1H3. The van der Waals surface area contributed by atoms with Crippen LogP contribution in [0.4, 0.5) is 0 Å². The summed E-state index contributed by atoms with van der Waals surface area (Å²) in [5, 5.41) is 0. The van der Waals surface area contributed by atoms with Crippen LogP contribution >= 0.6 is 0 Å². The van der Waals surface area contributed by atoms with E-state index in [4.69, 9.17) is 5.73 Å². The zero-order valence-corrected chi connectivity index (χ0v) is 12.2. The van der Waals surface area contributed by atoms with Crippen molar-refractivity contribution in [1.82, 2.24) is 14.7 Å². The van der Waals surface area contributed by atoms with Gasteiger partial charge in [-0.1, -0.05) is 6.42 Å². The highest BCUT2D eigenvalue weighted by molar-refractivity contribution is 5.78. The summed E-state index contributed by atoms with van der Waals surface area (Å²) in [4.78, 5) is 19.0. The third-order valence-corrected chi connectivity index (χ3v) is 4.44. The molecule has 1 unspecified atom stereocenters. The molecule has 0 aliphatic carbocycles. The lowest BCUT2D eigenvalue weighted by atomic mass is 9.99. The van der Waals surface area contributed by atoms with E-state index in [0.717, 1.165) is 45.7 Å². The van der Waals surface area contributed by atoms with Gasteiger partial charge in [0.1, 0.15) is 0 Å². The highest BCUT2D eigenvalue weighted by atomic mass is 16.2. The molecule has 0 aromatic heterocycles. The summed E-state index contributed by atoms with van der Waals surface area (Å²) in [6.07, 6.45) is 4.73. The topological polar surface area (TPSA) is 52.8 Å². The van der Waals surface area contributed by atoms with Crippen LogP contribution in [0, 0.1) is 0 Å². The summed E-state index contributed by atoms with van der Waals surface area (Å²) in [6.45, 7) is 6.13. The average Bonchev–Trinajstić information content (AvgIpc) is 2.42. The quantitative estimate of drug-likeness (QED) is 0.777. The maximum Gasteiger partial charge on any atom is 0.236 e. The Labute approximate surface area is 116 Å². The smallest absolute Gasteiger partial charge is 0.236 e. The van der Waals surface area contributed by atoms with Gasteiger partial charge in [-0.3, -0.25) is 9.69 Å². The number of amides is 1. The SMILES string of the molecule is CN1CCN(C(=O)CN2CCCCC2CCN)CC1. The Hall–Kier alpha value is -0.650. The largest absolute Gasteiger partial charge is 0.339 e. The molecule has 2 rings (SSSR count). The van der Waals surface area contributed by atoms with Crippen LogP contribution in [0.3, 0.4) is 0 Å². The number of carbonyl (C=O) groups is 1. The monoisotopic (exact) mass is 268 g/mol. The molecule has 5 heteroatoms. The molecule has 5 nitrogen and oxygen atoms in total. The Bertz CT molecular complexity index is 287. The second-order valence-electron chi connectivity index (χ2n) is 5.88. The number of nitrogens with two attached hydrogens (primary N) is 1. The van der Waals surface area contributed by atoms with Crippen LogP contribution in [0.5, 0.6) is 0 Å². The lowest BCUT2D eigenvalue weighted by Crippen LogP contribution is -2.52. The lowest BCUT2D eigenvalue weighted by Gasteiger charge is -2.38. The highest BCUT2D eigenvalue weighted by Gasteiger charge is 2.26. The van der Waals surface area contributed by atoms with Gasteiger partial charge in [0, 0.05) is 32.2 Å². The number of hydrogen-bond donors (Lipinski definition) is 1. The second-order valence-corrected chi connectivity index (χ2v) is 5.88. The number of likely N-dealkylation sites (tertiary alicyclic amines) is 1. The number of hydrogen-bond acceptors (Lipinski definition) is 4. The molecule has 1 atom stereocenters. The van der Waals surface area contributed by atoms with Crippen LogP contribution in [0.25, 0.3) is 0 Å². The summed E-state index contributed by atoms with van der Waals surface area (Å²) in [5.41, 5.74) is 5.68. The molecular weight excluding hydrogens is 240 g/mol. The van der Waals surface area contributed by atoms with Gasteiger partial charge in [0.05, 0.1) is 6.54 Å². The van der Waals surface area contributed by atoms with Gasteiger partial charge in [-0.15, -0.1) is 0 Å². The average molecular weight is 268 g/mol. The van der Waals surface area contributed by atoms with E-state index >= 15 is 0 Å². The maximum absolute atomic E-state index is 12.4. The summed E-state index contributed by atoms with van der Waals surface area (Å²) in [6, 6.07) is 0.523. The van der Waals surface area contributed by atoms with E-state index in [1.165, 1.54) is 19.3 Å². The first kappa shape index (κ1) is 14.8. The van der Waals surface area contributed by atoms with E-state index < -0.39 is 0 Å². The molecule has 0 saturated carbocycles. The zero-order chi connectivity index (χ0) is 13.7. The fourth-order valence-electron chi connectivity index (χ4n) is 3.12. The molecule has 0 aromatic carbocycles. The number of piperazine rings is 1. The van der Waals surface area contributed by atoms with Crippen molar-refractivity contribution < 1.29 is 4.79 Å². The van der Waals surface area contributed by atoms with Crippen molar-refractivity contribution in [2.45, 2.75) is 31.7 Å². The number of piperidine rings is 1. The van der Waals surface area contributed by atoms with Crippen molar-refractivity contribution in [2.75, 3.05) is 52.9 Å². The molecule has 2 aliphatic rings. The minimum absolute atomic E-state index is 0.303. The van der Waals surface area contributed by atoms with Crippen LogP contribution in [0.15, 0.2) is 0 Å². The van der Waals surface area contributed by atoms with E-state index in [1.807, 2.05) is 4.90 Å². The van der Waals surface area contributed by atoms with Crippen molar-refractivity contribution >= 4 is 5.91 Å². The van der Waals surface area contributed by atoms with Crippen LogP contribution in [-0.2, 0) is 4.79 Å². The highest BCUT2D eigenvalue weighted by Crippen LogP contribution is 2.19. The first-order valence-corrected chi connectivity index (χ1v) is 7.61. The van der Waals surface area contributed by atoms with E-state index in [0.29, 0.717) is 18.5 Å². The first-order chi connectivity index (χ1) is 9.20. The normalized spacial score (nSPS) is 26.6. The maximum atomic E-state index is 12.4. The van der Waals surface area contributed by atoms with Crippen LogP contribution in [0.2, 0.25) is 0 Å². The molecule has 2 fully saturated rings. The van der Waals surface area contributed by atoms with E-state index in [-0.39, 0.29) is 0 Å². The van der Waals surface area contributed by atoms with Gasteiger partial charge in [-0.2, -0.15) is 0 Å². The molecule has 0 bridgehead atoms. The summed E-state index contributed by atoms with van der Waals surface area (Å²) < 4.78 is 0. The first-order valence-electron chi connectivity index (χ1n) is 7.61. The predicted octanol–water partition coefficient (Wildman–Crippen LogP) is -0.0363. The van der Waals surface area contributed by atoms with Crippen LogP contribution in [-0.4, -0.2) is 79.5 Å². The molecule has 0 aromatic rings. The van der Waals surface area contributed by atoms with Crippen LogP contribution < -0.4 is 5.73 Å². The fourth-order valence-corrected chi connectivity index (χ4v) is 3.12. The molecular formula is C14H28N4O. The molecule has 2 N–H and O–H groups in total. The Morgan fingerprint density at radius 2 is 1.89 bits per heavy atom. The second kappa shape index (κ2) is 7.22. The Kier molecular flexibility index (Phi) is 5.60.